The van der Waals surface area contributed by atoms with Crippen molar-refractivity contribution in [2.75, 3.05) is 6.61 Å². The highest BCUT2D eigenvalue weighted by atomic mass is 16.5. The van der Waals surface area contributed by atoms with Crippen molar-refractivity contribution in [2.45, 2.75) is 25.3 Å². The standard InChI is InChI=1S/C22H20N2O5/c25-20-8-6-13-5-7-15(10-17(13)20)29-12-21(26)24-19(22(27)28)9-14-11-23-18-4-2-1-3-16(14)18/h1-5,7,10-11,19,23H,6,8-9,12H2,(H,24,26)(H,27,28). The van der Waals surface area contributed by atoms with Gasteiger partial charge in [0.2, 0.25) is 0 Å². The maximum absolute atomic E-state index is 12.2. The molecule has 1 atom stereocenters. The number of hydrogen-bond acceptors (Lipinski definition) is 4. The Morgan fingerprint density at radius 3 is 2.83 bits per heavy atom. The van der Waals surface area contributed by atoms with Crippen LogP contribution in [0.5, 0.6) is 5.75 Å². The smallest absolute Gasteiger partial charge is 0.326 e. The molecule has 29 heavy (non-hydrogen) atoms. The molecular formula is C22H20N2O5. The predicted octanol–water partition coefficient (Wildman–Crippen LogP) is 2.49. The number of aromatic amines is 1. The summed E-state index contributed by atoms with van der Waals surface area (Å²) in [6.45, 7) is -0.329. The molecule has 1 aliphatic carbocycles. The van der Waals surface area contributed by atoms with Crippen LogP contribution in [0.2, 0.25) is 0 Å². The van der Waals surface area contributed by atoms with Gasteiger partial charge in [0.25, 0.3) is 5.91 Å². The van der Waals surface area contributed by atoms with Gasteiger partial charge in [-0.15, -0.1) is 0 Å². The molecule has 0 saturated carbocycles. The van der Waals surface area contributed by atoms with E-state index in [1.54, 1.807) is 18.3 Å². The Hall–Kier alpha value is -3.61. The third kappa shape index (κ3) is 3.99. The van der Waals surface area contributed by atoms with Crippen LogP contribution >= 0.6 is 0 Å². The summed E-state index contributed by atoms with van der Waals surface area (Å²) in [6, 6.07) is 11.7. The fourth-order valence-electron chi connectivity index (χ4n) is 3.61. The van der Waals surface area contributed by atoms with E-state index in [0.717, 1.165) is 28.5 Å². The van der Waals surface area contributed by atoms with Gasteiger partial charge in [0.15, 0.2) is 12.4 Å². The number of carbonyl (C=O) groups excluding carboxylic acids is 2. The highest BCUT2D eigenvalue weighted by Crippen LogP contribution is 2.26. The predicted molar refractivity (Wildman–Crippen MR) is 106 cm³/mol. The van der Waals surface area contributed by atoms with Crippen molar-refractivity contribution in [1.82, 2.24) is 10.3 Å². The van der Waals surface area contributed by atoms with Crippen molar-refractivity contribution in [3.8, 4) is 5.75 Å². The summed E-state index contributed by atoms with van der Waals surface area (Å²) in [6.07, 6.45) is 3.12. The number of ether oxygens (including phenoxy) is 1. The number of carboxylic acids is 1. The van der Waals surface area contributed by atoms with Crippen LogP contribution < -0.4 is 10.1 Å². The van der Waals surface area contributed by atoms with E-state index in [9.17, 15) is 19.5 Å². The molecule has 1 aromatic heterocycles. The Bertz CT molecular complexity index is 1100. The molecule has 1 amide bonds. The second kappa shape index (κ2) is 7.79. The van der Waals surface area contributed by atoms with Gasteiger partial charge in [0.05, 0.1) is 0 Å². The van der Waals surface area contributed by atoms with E-state index in [1.807, 2.05) is 30.3 Å². The van der Waals surface area contributed by atoms with Gasteiger partial charge in [0.1, 0.15) is 11.8 Å². The Morgan fingerprint density at radius 1 is 1.17 bits per heavy atom. The first-order chi connectivity index (χ1) is 14.0. The number of carbonyl (C=O) groups is 3. The zero-order valence-corrected chi connectivity index (χ0v) is 15.6. The number of benzene rings is 2. The van der Waals surface area contributed by atoms with Gasteiger partial charge in [-0.05, 0) is 35.7 Å². The summed E-state index contributed by atoms with van der Waals surface area (Å²) in [7, 11) is 0. The molecule has 7 heteroatoms. The normalized spacial score (nSPS) is 13.9. The summed E-state index contributed by atoms with van der Waals surface area (Å²) in [5.41, 5.74) is 3.33. The van der Waals surface area contributed by atoms with Crippen molar-refractivity contribution >= 4 is 28.6 Å². The molecule has 0 aliphatic heterocycles. The number of para-hydroxylation sites is 1. The molecule has 0 saturated heterocycles. The minimum Gasteiger partial charge on any atom is -0.484 e. The number of carboxylic acid groups (broad SMARTS) is 1. The van der Waals surface area contributed by atoms with Crippen LogP contribution in [-0.2, 0) is 22.4 Å². The summed E-state index contributed by atoms with van der Waals surface area (Å²) in [4.78, 5) is 38.8. The van der Waals surface area contributed by atoms with Gasteiger partial charge in [-0.25, -0.2) is 4.79 Å². The lowest BCUT2D eigenvalue weighted by Gasteiger charge is -2.15. The summed E-state index contributed by atoms with van der Waals surface area (Å²) in [5.74, 6) is -1.17. The molecule has 148 valence electrons. The number of H-pyrrole nitrogens is 1. The first-order valence-corrected chi connectivity index (χ1v) is 9.37. The second-order valence-corrected chi connectivity index (χ2v) is 7.05. The Morgan fingerprint density at radius 2 is 2.00 bits per heavy atom. The van der Waals surface area contributed by atoms with Crippen LogP contribution in [0.1, 0.15) is 27.9 Å². The average molecular weight is 392 g/mol. The SMILES string of the molecule is O=C(COc1ccc2c(c1)C(=O)CC2)NC(Cc1c[nH]c2ccccc12)C(=O)O. The van der Waals surface area contributed by atoms with Gasteiger partial charge >= 0.3 is 5.97 Å². The third-order valence-corrected chi connectivity index (χ3v) is 5.11. The second-order valence-electron chi connectivity index (χ2n) is 7.05. The van der Waals surface area contributed by atoms with Crippen molar-refractivity contribution in [1.29, 1.82) is 0 Å². The first-order valence-electron chi connectivity index (χ1n) is 9.37. The molecule has 2 aromatic carbocycles. The molecule has 7 nitrogen and oxygen atoms in total. The Labute approximate surface area is 166 Å². The zero-order valence-electron chi connectivity index (χ0n) is 15.6. The van der Waals surface area contributed by atoms with Crippen molar-refractivity contribution in [3.63, 3.8) is 0 Å². The monoisotopic (exact) mass is 392 g/mol. The molecule has 0 bridgehead atoms. The van der Waals surface area contributed by atoms with Crippen molar-refractivity contribution < 1.29 is 24.2 Å². The number of nitrogens with one attached hydrogen (secondary N) is 2. The molecule has 0 spiro atoms. The zero-order chi connectivity index (χ0) is 20.4. The minimum atomic E-state index is -1.12. The van der Waals surface area contributed by atoms with Gasteiger partial charge in [-0.1, -0.05) is 24.3 Å². The molecule has 3 N–H and O–H groups in total. The summed E-state index contributed by atoms with van der Waals surface area (Å²) in [5, 5.41) is 12.9. The van der Waals surface area contributed by atoms with Gasteiger partial charge in [-0.3, -0.25) is 9.59 Å². The number of aryl methyl sites for hydroxylation is 1. The topological polar surface area (TPSA) is 108 Å². The van der Waals surface area contributed by atoms with Crippen molar-refractivity contribution in [3.05, 3.63) is 65.4 Å². The largest absolute Gasteiger partial charge is 0.484 e. The average Bonchev–Trinajstić information content (AvgIpc) is 3.29. The van der Waals surface area contributed by atoms with E-state index in [0.29, 0.717) is 17.7 Å². The quantitative estimate of drug-likeness (QED) is 0.572. The third-order valence-electron chi connectivity index (χ3n) is 5.11. The maximum Gasteiger partial charge on any atom is 0.326 e. The van der Waals surface area contributed by atoms with E-state index in [4.69, 9.17) is 4.74 Å². The number of Topliss-reactive ketones (excluding diaryl/α,β-unsaturated/α-hetero) is 1. The fourth-order valence-corrected chi connectivity index (χ4v) is 3.61. The van der Waals surface area contributed by atoms with Crippen molar-refractivity contribution in [2.24, 2.45) is 0 Å². The van der Waals surface area contributed by atoms with Gasteiger partial charge < -0.3 is 20.1 Å². The van der Waals surface area contributed by atoms with E-state index in [2.05, 4.69) is 10.3 Å². The molecule has 4 rings (SSSR count). The molecule has 0 fully saturated rings. The van der Waals surface area contributed by atoms with E-state index < -0.39 is 17.9 Å². The molecule has 3 aromatic rings. The van der Waals surface area contributed by atoms with Crippen LogP contribution in [0, 0.1) is 0 Å². The summed E-state index contributed by atoms with van der Waals surface area (Å²) >= 11 is 0. The first kappa shape index (κ1) is 18.7. The highest BCUT2D eigenvalue weighted by molar-refractivity contribution is 6.00. The minimum absolute atomic E-state index is 0.0690. The molecule has 1 aliphatic rings. The lowest BCUT2D eigenvalue weighted by atomic mass is 10.1. The molecule has 1 heterocycles. The molecule has 0 radical (unpaired) electrons. The van der Waals surface area contributed by atoms with Crippen LogP contribution in [0.15, 0.2) is 48.7 Å². The van der Waals surface area contributed by atoms with Crippen LogP contribution in [0.4, 0.5) is 0 Å². The molecule has 1 unspecified atom stereocenters. The van der Waals surface area contributed by atoms with E-state index >= 15 is 0 Å². The fraction of sp³-hybridized carbons (Fsp3) is 0.227. The number of aliphatic carboxylic acids is 1. The number of amides is 1. The number of ketones is 1. The van der Waals surface area contributed by atoms with Gasteiger partial charge in [-0.2, -0.15) is 0 Å². The number of aromatic nitrogens is 1. The van der Waals surface area contributed by atoms with Gasteiger partial charge in [0, 0.05) is 35.5 Å². The lowest BCUT2D eigenvalue weighted by molar-refractivity contribution is -0.142. The number of hydrogen-bond donors (Lipinski definition) is 3. The molecular weight excluding hydrogens is 372 g/mol. The number of fused-ring (bicyclic) bond motifs is 2. The highest BCUT2D eigenvalue weighted by Gasteiger charge is 2.23. The van der Waals surface area contributed by atoms with E-state index in [1.165, 1.54) is 0 Å². The van der Waals surface area contributed by atoms with E-state index in [-0.39, 0.29) is 18.8 Å². The van der Waals surface area contributed by atoms with Crippen LogP contribution in [-0.4, -0.2) is 40.4 Å². The Balaban J connectivity index is 1.38. The van der Waals surface area contributed by atoms with Crippen LogP contribution in [0.25, 0.3) is 10.9 Å². The number of rotatable bonds is 7. The van der Waals surface area contributed by atoms with Crippen LogP contribution in [0.3, 0.4) is 0 Å². The maximum atomic E-state index is 12.2. The Kier molecular flexibility index (Phi) is 5.03. The summed E-state index contributed by atoms with van der Waals surface area (Å²) < 4.78 is 5.46. The lowest BCUT2D eigenvalue weighted by Crippen LogP contribution is -2.44.